The maximum Gasteiger partial charge on any atom is 0.524 e. The zero-order valence-corrected chi connectivity index (χ0v) is 26.7. The van der Waals surface area contributed by atoms with Gasteiger partial charge in [0, 0.05) is 33.0 Å². The third-order valence-electron chi connectivity index (χ3n) is 6.15. The number of aliphatic hydroxyl groups excluding tert-OH is 2. The van der Waals surface area contributed by atoms with Crippen LogP contribution in [-0.2, 0) is 64.9 Å². The van der Waals surface area contributed by atoms with E-state index in [1.807, 2.05) is 4.98 Å². The monoisotopic (exact) mass is 723 g/mol. The van der Waals surface area contributed by atoms with Crippen LogP contribution in [0.3, 0.4) is 0 Å². The van der Waals surface area contributed by atoms with E-state index in [2.05, 4.69) is 13.1 Å². The fourth-order valence-electron chi connectivity index (χ4n) is 4.37. The van der Waals surface area contributed by atoms with E-state index >= 15 is 0 Å². The molecule has 1 aromatic heterocycles. The number of esters is 3. The number of carbonyl (C=O) groups is 3. The van der Waals surface area contributed by atoms with Crippen LogP contribution in [0, 0.1) is 0 Å². The van der Waals surface area contributed by atoms with Gasteiger partial charge in [0.1, 0.15) is 31.0 Å². The minimum Gasteiger partial charge on any atom is -0.461 e. The third kappa shape index (κ3) is 9.90. The summed E-state index contributed by atoms with van der Waals surface area (Å²) in [6, 6.07) is 0.918. The van der Waals surface area contributed by atoms with Gasteiger partial charge in [0.2, 0.25) is 11.8 Å². The second kappa shape index (κ2) is 15.0. The molecule has 0 bridgehead atoms. The van der Waals surface area contributed by atoms with Crippen LogP contribution >= 0.6 is 23.7 Å². The fourth-order valence-corrected chi connectivity index (χ4v) is 8.11. The van der Waals surface area contributed by atoms with Crippen LogP contribution in [0.1, 0.15) is 27.0 Å². The average molecular weight is 723 g/mol. The molecule has 1 aromatic rings. The molecule has 2 fully saturated rings. The number of phosphoric ester groups is 1. The van der Waals surface area contributed by atoms with Crippen molar-refractivity contribution in [2.45, 2.75) is 63.1 Å². The van der Waals surface area contributed by atoms with Crippen LogP contribution in [0.25, 0.3) is 0 Å². The second-order valence-electron chi connectivity index (χ2n) is 9.79. The SMILES string of the molecule is CC(=O)OC[C@@]1(OC(C)=O)CO[C@H](C[P+](=O)OP(=O)(O)OP(=O)(O)OC[C@H]2O[C@@H](n3ccc(=O)[nH]c3=O)[C@H](O)[C@@H]2O)[C@@H]1OC(C)=O. The molecule has 0 aromatic carbocycles. The number of nitrogens with zero attached hydrogens (tertiary/aromatic N) is 1. The molecule has 5 N–H and O–H groups in total. The molecule has 2 saturated heterocycles. The highest BCUT2D eigenvalue weighted by Gasteiger charge is 2.59. The first-order valence-corrected chi connectivity index (χ1v) is 17.2. The van der Waals surface area contributed by atoms with E-state index in [4.69, 9.17) is 23.7 Å². The number of H-pyrrole nitrogens is 1. The molecule has 46 heavy (non-hydrogen) atoms. The summed E-state index contributed by atoms with van der Waals surface area (Å²) < 4.78 is 77.2. The molecule has 0 aliphatic carbocycles. The normalized spacial score (nSPS) is 30.5. The molecule has 0 saturated carbocycles. The molecule has 2 aliphatic rings. The molecule has 2 aliphatic heterocycles. The Hall–Kier alpha value is -2.71. The number of aromatic amines is 1. The highest BCUT2D eigenvalue weighted by atomic mass is 31.3. The molecular weight excluding hydrogens is 693 g/mol. The van der Waals surface area contributed by atoms with E-state index < -0.39 is 121 Å². The lowest BCUT2D eigenvalue weighted by Gasteiger charge is -2.32. The molecule has 0 radical (unpaired) electrons. The van der Waals surface area contributed by atoms with Gasteiger partial charge in [-0.2, -0.15) is 4.31 Å². The first-order chi connectivity index (χ1) is 21.2. The summed E-state index contributed by atoms with van der Waals surface area (Å²) in [5.74, 6) is -2.62. The van der Waals surface area contributed by atoms with E-state index in [0.29, 0.717) is 4.57 Å². The van der Waals surface area contributed by atoms with Crippen molar-refractivity contribution in [1.29, 1.82) is 0 Å². The molecular formula is C21H30N2O20P3+. The Balaban J connectivity index is 1.63. The minimum atomic E-state index is -5.69. The van der Waals surface area contributed by atoms with Crippen molar-refractivity contribution in [3.63, 3.8) is 0 Å². The number of aliphatic hydroxyl groups is 2. The van der Waals surface area contributed by atoms with Crippen LogP contribution in [-0.4, -0.2) is 110 Å². The van der Waals surface area contributed by atoms with E-state index in [1.165, 1.54) is 0 Å². The Morgan fingerprint density at radius 3 is 2.33 bits per heavy atom. The van der Waals surface area contributed by atoms with Gasteiger partial charge in [0.15, 0.2) is 12.3 Å². The van der Waals surface area contributed by atoms with Gasteiger partial charge in [-0.15, -0.1) is 0 Å². The van der Waals surface area contributed by atoms with Crippen LogP contribution in [0.4, 0.5) is 0 Å². The Kier molecular flexibility index (Phi) is 12.3. The lowest BCUT2D eigenvalue weighted by atomic mass is 9.97. The zero-order chi connectivity index (χ0) is 34.6. The number of aromatic nitrogens is 2. The number of carbonyl (C=O) groups excluding carboxylic acids is 3. The van der Waals surface area contributed by atoms with Crippen molar-refractivity contribution in [3.05, 3.63) is 33.1 Å². The van der Waals surface area contributed by atoms with Gasteiger partial charge in [-0.1, -0.05) is 0 Å². The smallest absolute Gasteiger partial charge is 0.461 e. The maximum absolute atomic E-state index is 12.7. The zero-order valence-electron chi connectivity index (χ0n) is 24.1. The third-order valence-corrected chi connectivity index (χ3v) is 10.5. The molecule has 3 heterocycles. The largest absolute Gasteiger partial charge is 0.524 e. The quantitative estimate of drug-likeness (QED) is 0.0815. The number of ether oxygens (including phenoxy) is 5. The second-order valence-corrected chi connectivity index (χ2v) is 14.3. The van der Waals surface area contributed by atoms with E-state index in [0.717, 1.165) is 33.0 Å². The van der Waals surface area contributed by atoms with Gasteiger partial charge in [-0.05, 0) is 8.88 Å². The molecule has 0 spiro atoms. The van der Waals surface area contributed by atoms with Crippen molar-refractivity contribution < 1.29 is 84.9 Å². The summed E-state index contributed by atoms with van der Waals surface area (Å²) in [6.45, 7) is 0.764. The minimum absolute atomic E-state index is 0.542. The number of hydrogen-bond donors (Lipinski definition) is 5. The summed E-state index contributed by atoms with van der Waals surface area (Å²) in [4.78, 5) is 80.0. The molecule has 3 rings (SSSR count). The van der Waals surface area contributed by atoms with Crippen LogP contribution in [0.5, 0.6) is 0 Å². The van der Waals surface area contributed by atoms with Crippen LogP contribution in [0.15, 0.2) is 21.9 Å². The van der Waals surface area contributed by atoms with Crippen molar-refractivity contribution in [3.8, 4) is 0 Å². The van der Waals surface area contributed by atoms with Gasteiger partial charge in [-0.3, -0.25) is 38.1 Å². The number of nitrogens with one attached hydrogen (secondary N) is 1. The van der Waals surface area contributed by atoms with Crippen molar-refractivity contribution in [2.24, 2.45) is 0 Å². The van der Waals surface area contributed by atoms with E-state index in [9.17, 15) is 57.7 Å². The Morgan fingerprint density at radius 2 is 1.74 bits per heavy atom. The Morgan fingerprint density at radius 1 is 1.07 bits per heavy atom. The summed E-state index contributed by atoms with van der Waals surface area (Å²) in [5.41, 5.74) is -3.68. The standard InChI is InChI=1S/C21H29N2O20P3/c1-10(24)36-8-21(41-12(3)26)9-37-14(18(21)39-11(2)25)7-44(31)42-46(34,35)43-45(32,33)38-6-13-16(28)17(29)19(40-13)23-5-4-15(27)22-20(23)30/h4-5,13-14,16-19,28-29H,6-9H2,1-3H3,(H2-,22,27,30,32,33,34,35)/p+1/t13-,14-,16-,17-,18+,19-,21-/m1/s1. The fraction of sp³-hybridized carbons (Fsp3) is 0.667. The Bertz CT molecular complexity index is 1540. The van der Waals surface area contributed by atoms with Crippen molar-refractivity contribution in [2.75, 3.05) is 26.0 Å². The molecule has 22 nitrogen and oxygen atoms in total. The summed E-state index contributed by atoms with van der Waals surface area (Å²) in [7, 11) is -14.6. The molecule has 0 amide bonds. The first kappa shape index (κ1) is 37.7. The predicted molar refractivity (Wildman–Crippen MR) is 144 cm³/mol. The maximum atomic E-state index is 12.7. The first-order valence-electron chi connectivity index (χ1n) is 12.8. The van der Waals surface area contributed by atoms with Gasteiger partial charge in [-0.25, -0.2) is 13.9 Å². The van der Waals surface area contributed by atoms with Crippen molar-refractivity contribution in [1.82, 2.24) is 9.55 Å². The lowest BCUT2D eigenvalue weighted by molar-refractivity contribution is -0.189. The molecule has 258 valence electrons. The van der Waals surface area contributed by atoms with Gasteiger partial charge in [0.25, 0.3) is 5.56 Å². The van der Waals surface area contributed by atoms with Gasteiger partial charge < -0.3 is 38.8 Å². The molecule has 10 atom stereocenters. The Labute approximate surface area is 258 Å². The average Bonchev–Trinajstić information content (AvgIpc) is 3.36. The number of rotatable bonds is 14. The highest BCUT2D eigenvalue weighted by Crippen LogP contribution is 2.64. The number of phosphoric acid groups is 2. The lowest BCUT2D eigenvalue weighted by Crippen LogP contribution is -2.53. The highest BCUT2D eigenvalue weighted by molar-refractivity contribution is 7.65. The van der Waals surface area contributed by atoms with Crippen LogP contribution < -0.4 is 11.2 Å². The summed E-state index contributed by atoms with van der Waals surface area (Å²) in [5, 5.41) is 20.5. The summed E-state index contributed by atoms with van der Waals surface area (Å²) >= 11 is 0. The molecule has 3 unspecified atom stereocenters. The molecule has 25 heteroatoms. The topological polar surface area (TPSA) is 312 Å². The predicted octanol–water partition coefficient (Wildman–Crippen LogP) is -1.66. The van der Waals surface area contributed by atoms with Gasteiger partial charge in [0.05, 0.1) is 13.2 Å². The van der Waals surface area contributed by atoms with Crippen LogP contribution in [0.2, 0.25) is 0 Å². The van der Waals surface area contributed by atoms with Gasteiger partial charge >= 0.3 is 47.3 Å². The summed E-state index contributed by atoms with van der Waals surface area (Å²) in [6.07, 6.45) is -9.71. The number of hydrogen-bond acceptors (Lipinski definition) is 18. The van der Waals surface area contributed by atoms with E-state index in [-0.39, 0.29) is 0 Å². The van der Waals surface area contributed by atoms with E-state index in [1.54, 1.807) is 0 Å². The van der Waals surface area contributed by atoms with Crippen molar-refractivity contribution >= 4 is 41.6 Å².